The van der Waals surface area contributed by atoms with Crippen LogP contribution >= 0.6 is 0 Å². The van der Waals surface area contributed by atoms with E-state index in [1.807, 2.05) is 32.0 Å². The van der Waals surface area contributed by atoms with E-state index in [2.05, 4.69) is 5.32 Å². The van der Waals surface area contributed by atoms with Gasteiger partial charge in [-0.05, 0) is 61.7 Å². The molecule has 1 aliphatic rings. The fourth-order valence-electron chi connectivity index (χ4n) is 3.45. The summed E-state index contributed by atoms with van der Waals surface area (Å²) in [6.45, 7) is 4.02. The largest absolute Gasteiger partial charge is 0.452 e. The first-order valence-corrected chi connectivity index (χ1v) is 9.84. The number of carbonyl (C=O) groups excluding carboxylic acids is 4. The average molecular weight is 424 g/mol. The van der Waals surface area contributed by atoms with Crippen molar-refractivity contribution in [2.45, 2.75) is 20.3 Å². The Bertz CT molecular complexity index is 1030. The molecule has 0 saturated carbocycles. The molecule has 0 aromatic heterocycles. The van der Waals surface area contributed by atoms with Crippen molar-refractivity contribution in [2.75, 3.05) is 32.2 Å². The molecule has 0 saturated heterocycles. The van der Waals surface area contributed by atoms with E-state index in [9.17, 15) is 19.2 Å². The Labute approximate surface area is 180 Å². The van der Waals surface area contributed by atoms with E-state index < -0.39 is 30.3 Å². The van der Waals surface area contributed by atoms with Crippen LogP contribution in [0.3, 0.4) is 0 Å². The summed E-state index contributed by atoms with van der Waals surface area (Å²) >= 11 is 0. The van der Waals surface area contributed by atoms with Gasteiger partial charge in [0.25, 0.3) is 17.7 Å². The number of amides is 3. The second-order valence-corrected chi connectivity index (χ2v) is 7.37. The van der Waals surface area contributed by atoms with E-state index in [1.165, 1.54) is 18.2 Å². The average Bonchev–Trinajstić information content (AvgIpc) is 2.95. The molecular formula is C23H24N2O6. The number of ether oxygens (including phenoxy) is 2. The number of hydrogen-bond acceptors (Lipinski definition) is 6. The summed E-state index contributed by atoms with van der Waals surface area (Å²) in [5.74, 6) is -2.09. The highest BCUT2D eigenvalue weighted by Crippen LogP contribution is 2.24. The van der Waals surface area contributed by atoms with Gasteiger partial charge in [-0.15, -0.1) is 0 Å². The zero-order valence-corrected chi connectivity index (χ0v) is 17.7. The first-order chi connectivity index (χ1) is 14.8. The molecule has 8 heteroatoms. The number of anilines is 1. The van der Waals surface area contributed by atoms with Crippen LogP contribution in [0.5, 0.6) is 0 Å². The number of hydrogen-bond donors (Lipinski definition) is 1. The first kappa shape index (κ1) is 22.2. The molecule has 0 fully saturated rings. The number of imide groups is 1. The molecule has 0 bridgehead atoms. The Morgan fingerprint density at radius 1 is 0.968 bits per heavy atom. The van der Waals surface area contributed by atoms with Gasteiger partial charge in [-0.25, -0.2) is 4.79 Å². The third kappa shape index (κ3) is 5.16. The van der Waals surface area contributed by atoms with Crippen LogP contribution in [-0.2, 0) is 14.3 Å². The van der Waals surface area contributed by atoms with Crippen molar-refractivity contribution in [1.29, 1.82) is 0 Å². The predicted molar refractivity (Wildman–Crippen MR) is 113 cm³/mol. The number of nitrogens with one attached hydrogen (secondary N) is 1. The highest BCUT2D eigenvalue weighted by Gasteiger charge is 2.35. The maximum atomic E-state index is 12.5. The molecule has 3 rings (SSSR count). The molecule has 2 aromatic rings. The number of carbonyl (C=O) groups is 4. The molecule has 3 amide bonds. The molecule has 2 aromatic carbocycles. The van der Waals surface area contributed by atoms with Gasteiger partial charge in [0, 0.05) is 25.9 Å². The summed E-state index contributed by atoms with van der Waals surface area (Å²) in [4.78, 5) is 50.6. The van der Waals surface area contributed by atoms with Gasteiger partial charge < -0.3 is 14.8 Å². The van der Waals surface area contributed by atoms with Crippen molar-refractivity contribution < 1.29 is 28.7 Å². The Balaban J connectivity index is 1.61. The van der Waals surface area contributed by atoms with Crippen LogP contribution in [0.25, 0.3) is 0 Å². The lowest BCUT2D eigenvalue weighted by molar-refractivity contribution is -0.119. The van der Waals surface area contributed by atoms with Gasteiger partial charge in [0.2, 0.25) is 0 Å². The molecule has 0 aliphatic carbocycles. The van der Waals surface area contributed by atoms with E-state index in [4.69, 9.17) is 9.47 Å². The highest BCUT2D eigenvalue weighted by molar-refractivity contribution is 6.22. The molecule has 31 heavy (non-hydrogen) atoms. The molecule has 0 radical (unpaired) electrons. The van der Waals surface area contributed by atoms with Crippen LogP contribution in [0, 0.1) is 13.8 Å². The minimum Gasteiger partial charge on any atom is -0.452 e. The van der Waals surface area contributed by atoms with E-state index >= 15 is 0 Å². The maximum absolute atomic E-state index is 12.5. The Hall–Kier alpha value is -3.52. The molecule has 162 valence electrons. The van der Waals surface area contributed by atoms with Crippen molar-refractivity contribution in [1.82, 2.24) is 4.90 Å². The van der Waals surface area contributed by atoms with Crippen LogP contribution in [0.2, 0.25) is 0 Å². The van der Waals surface area contributed by atoms with Crippen molar-refractivity contribution >= 4 is 29.4 Å². The fraction of sp³-hybridized carbons (Fsp3) is 0.304. The summed E-state index contributed by atoms with van der Waals surface area (Å²) in [6, 6.07) is 9.78. The normalized spacial score (nSPS) is 12.7. The van der Waals surface area contributed by atoms with Crippen molar-refractivity contribution in [3.8, 4) is 0 Å². The van der Waals surface area contributed by atoms with Gasteiger partial charge in [-0.3, -0.25) is 19.3 Å². The van der Waals surface area contributed by atoms with Crippen LogP contribution in [-0.4, -0.2) is 55.5 Å². The standard InChI is InChI=1S/C23H24N2O6/c1-14-9-15(2)11-17(10-14)24-20(26)13-31-23(29)16-5-6-18-19(12-16)22(28)25(21(18)27)7-4-8-30-3/h5-6,9-12H,4,7-8,13H2,1-3H3,(H,24,26). The lowest BCUT2D eigenvalue weighted by atomic mass is 10.1. The molecule has 1 heterocycles. The summed E-state index contributed by atoms with van der Waals surface area (Å²) in [5, 5.41) is 2.68. The van der Waals surface area contributed by atoms with Gasteiger partial charge in [0.1, 0.15) is 0 Å². The Morgan fingerprint density at radius 2 is 1.65 bits per heavy atom. The third-order valence-electron chi connectivity index (χ3n) is 4.78. The minimum atomic E-state index is -0.753. The number of methoxy groups -OCH3 is 1. The molecule has 0 atom stereocenters. The van der Waals surface area contributed by atoms with Gasteiger partial charge in [0.15, 0.2) is 6.61 Å². The van der Waals surface area contributed by atoms with Gasteiger partial charge >= 0.3 is 5.97 Å². The zero-order valence-electron chi connectivity index (χ0n) is 17.7. The van der Waals surface area contributed by atoms with Crippen molar-refractivity contribution in [3.63, 3.8) is 0 Å². The topological polar surface area (TPSA) is 102 Å². The van der Waals surface area contributed by atoms with E-state index in [1.54, 1.807) is 7.11 Å². The number of rotatable bonds is 8. The Kier molecular flexibility index (Phi) is 6.81. The smallest absolute Gasteiger partial charge is 0.338 e. The second-order valence-electron chi connectivity index (χ2n) is 7.37. The molecule has 1 aliphatic heterocycles. The van der Waals surface area contributed by atoms with Gasteiger partial charge in [0.05, 0.1) is 16.7 Å². The lowest BCUT2D eigenvalue weighted by Gasteiger charge is -2.12. The van der Waals surface area contributed by atoms with Crippen molar-refractivity contribution in [2.24, 2.45) is 0 Å². The number of benzene rings is 2. The Morgan fingerprint density at radius 3 is 2.32 bits per heavy atom. The van der Waals surface area contributed by atoms with E-state index in [-0.39, 0.29) is 23.2 Å². The highest BCUT2D eigenvalue weighted by atomic mass is 16.5. The first-order valence-electron chi connectivity index (χ1n) is 9.84. The molecule has 8 nitrogen and oxygen atoms in total. The fourth-order valence-corrected chi connectivity index (χ4v) is 3.45. The van der Waals surface area contributed by atoms with Crippen molar-refractivity contribution in [3.05, 3.63) is 64.2 Å². The quantitative estimate of drug-likeness (QED) is 0.397. The predicted octanol–water partition coefficient (Wildman–Crippen LogP) is 2.73. The maximum Gasteiger partial charge on any atom is 0.338 e. The van der Waals surface area contributed by atoms with Crippen LogP contribution in [0.1, 0.15) is 48.6 Å². The second kappa shape index (κ2) is 9.53. The van der Waals surface area contributed by atoms with Crippen LogP contribution in [0.4, 0.5) is 5.69 Å². The van der Waals surface area contributed by atoms with Gasteiger partial charge in [-0.1, -0.05) is 6.07 Å². The molecule has 0 unspecified atom stereocenters. The summed E-state index contributed by atoms with van der Waals surface area (Å²) in [7, 11) is 1.54. The van der Waals surface area contributed by atoms with E-state index in [0.717, 1.165) is 16.0 Å². The minimum absolute atomic E-state index is 0.0952. The summed E-state index contributed by atoms with van der Waals surface area (Å²) in [6.07, 6.45) is 0.520. The SMILES string of the molecule is COCCCN1C(=O)c2ccc(C(=O)OCC(=O)Nc3cc(C)cc(C)c3)cc2C1=O. The van der Waals surface area contributed by atoms with E-state index in [0.29, 0.717) is 18.7 Å². The summed E-state index contributed by atoms with van der Waals surface area (Å²) in [5.41, 5.74) is 3.11. The molecule has 0 spiro atoms. The zero-order chi connectivity index (χ0) is 22.5. The molecular weight excluding hydrogens is 400 g/mol. The van der Waals surface area contributed by atoms with Gasteiger partial charge in [-0.2, -0.15) is 0 Å². The lowest BCUT2D eigenvalue weighted by Crippen LogP contribution is -2.31. The summed E-state index contributed by atoms with van der Waals surface area (Å²) < 4.78 is 10.0. The van der Waals surface area contributed by atoms with Crippen LogP contribution in [0.15, 0.2) is 36.4 Å². The third-order valence-corrected chi connectivity index (χ3v) is 4.78. The number of esters is 1. The number of fused-ring (bicyclic) bond motifs is 1. The monoisotopic (exact) mass is 424 g/mol. The van der Waals surface area contributed by atoms with Crippen LogP contribution < -0.4 is 5.32 Å². The number of aryl methyl sites for hydroxylation is 2. The number of nitrogens with zero attached hydrogens (tertiary/aromatic N) is 1. The molecule has 1 N–H and O–H groups in total.